The summed E-state index contributed by atoms with van der Waals surface area (Å²) in [5.41, 5.74) is 33.2. The summed E-state index contributed by atoms with van der Waals surface area (Å²) in [5, 5.41) is 15.5. The van der Waals surface area contributed by atoms with Crippen molar-refractivity contribution < 1.29 is 0 Å². The van der Waals surface area contributed by atoms with Crippen molar-refractivity contribution in [2.75, 3.05) is 0 Å². The third kappa shape index (κ3) is 13.4. The second kappa shape index (κ2) is 33.1. The minimum absolute atomic E-state index is 0.420. The molecule has 0 fully saturated rings. The minimum Gasteiger partial charge on any atom is -0.339 e. The first-order chi connectivity index (χ1) is 62.2. The summed E-state index contributed by atoms with van der Waals surface area (Å²) in [6.07, 6.45) is 13.7. The van der Waals surface area contributed by atoms with Crippen molar-refractivity contribution in [1.29, 1.82) is 0 Å². The first kappa shape index (κ1) is 78.3. The van der Waals surface area contributed by atoms with Gasteiger partial charge in [-0.2, -0.15) is 0 Å². The van der Waals surface area contributed by atoms with Gasteiger partial charge in [0.05, 0.1) is 66.2 Å². The fraction of sp³-hybridized carbons (Fsp3) is 0.200. The lowest BCUT2D eigenvalue weighted by Crippen LogP contribution is -2.12. The molecule has 22 rings (SSSR count). The molecule has 0 aliphatic carbocycles. The lowest BCUT2D eigenvalue weighted by atomic mass is 9.98. The molecule has 0 saturated heterocycles. The van der Waals surface area contributed by atoms with E-state index < -0.39 is 0 Å². The molecule has 16 aromatic carbocycles. The first-order valence-electron chi connectivity index (χ1n) is 46.8. The number of unbranched alkanes of at least 4 members (excludes halogenated alkanes) is 3. The summed E-state index contributed by atoms with van der Waals surface area (Å²) in [6.45, 7) is 17.2. The van der Waals surface area contributed by atoms with E-state index in [1.54, 1.807) is 0 Å². The molecule has 0 aliphatic heterocycles. The molecule has 0 N–H and O–H groups in total. The molecule has 6 aromatic heterocycles. The first-order valence-corrected chi connectivity index (χ1v) is 46.8. The Morgan fingerprint density at radius 1 is 0.190 bits per heavy atom. The SMILES string of the molecule is CCCCC(CC)Cn1c2cc(-n3c4ccc(-c5ccccc5)cc4c4cc(-c5ccccc5)ccc43)ccc2c2c1c1c3ccc(-n4c5ccc(-c6ccccc6)cc5c5cc(-c6ccccc6)ccc54)cc3n(CC(CC)CCCC)c1c1c3ccc(-n4c5ccc(-c6ccccc6)cc5c5cc(-c6ccccc6)ccc54)cc3n(CC(CC)CCCC)c21. The van der Waals surface area contributed by atoms with Gasteiger partial charge in [-0.3, -0.25) is 0 Å². The van der Waals surface area contributed by atoms with Crippen molar-refractivity contribution in [3.63, 3.8) is 0 Å². The zero-order valence-corrected chi connectivity index (χ0v) is 73.4. The van der Waals surface area contributed by atoms with Gasteiger partial charge in [0.15, 0.2) is 0 Å². The minimum atomic E-state index is 0.420. The van der Waals surface area contributed by atoms with Crippen LogP contribution in [0.2, 0.25) is 0 Å². The van der Waals surface area contributed by atoms with Gasteiger partial charge in [-0.15, -0.1) is 0 Å². The Morgan fingerprint density at radius 2 is 0.397 bits per heavy atom. The molecule has 0 aliphatic rings. The normalized spacial score (nSPS) is 12.9. The Labute approximate surface area is 738 Å². The monoisotopic (exact) mass is 1630 g/mol. The largest absolute Gasteiger partial charge is 0.339 e. The highest BCUT2D eigenvalue weighted by atomic mass is 15.1. The number of hydrogen-bond acceptors (Lipinski definition) is 0. The van der Waals surface area contributed by atoms with Crippen LogP contribution < -0.4 is 0 Å². The fourth-order valence-corrected chi connectivity index (χ4v) is 21.8. The molecule has 126 heavy (non-hydrogen) atoms. The van der Waals surface area contributed by atoms with E-state index in [1.807, 2.05) is 0 Å². The van der Waals surface area contributed by atoms with Crippen LogP contribution in [0.3, 0.4) is 0 Å². The van der Waals surface area contributed by atoms with Gasteiger partial charge >= 0.3 is 0 Å². The lowest BCUT2D eigenvalue weighted by Gasteiger charge is -2.20. The Balaban J connectivity index is 0.887. The van der Waals surface area contributed by atoms with E-state index >= 15 is 0 Å². The van der Waals surface area contributed by atoms with E-state index in [0.717, 1.165) is 77.4 Å². The number of benzene rings is 16. The molecule has 6 heteroatoms. The Morgan fingerprint density at radius 3 is 0.587 bits per heavy atom. The zero-order valence-electron chi connectivity index (χ0n) is 73.4. The molecule has 6 heterocycles. The number of hydrogen-bond donors (Lipinski definition) is 0. The maximum absolute atomic E-state index is 2.91. The number of rotatable bonds is 27. The number of nitrogens with zero attached hydrogens (tertiary/aromatic N) is 6. The predicted octanol–water partition coefficient (Wildman–Crippen LogP) is 34.0. The molecular weight excluding hydrogens is 1530 g/mol. The van der Waals surface area contributed by atoms with Gasteiger partial charge in [-0.1, -0.05) is 336 Å². The quantitative estimate of drug-likeness (QED) is 0.0491. The van der Waals surface area contributed by atoms with Crippen molar-refractivity contribution in [3.05, 3.63) is 346 Å². The van der Waals surface area contributed by atoms with Gasteiger partial charge in [-0.25, -0.2) is 0 Å². The average molecular weight is 1630 g/mol. The highest BCUT2D eigenvalue weighted by Gasteiger charge is 2.32. The van der Waals surface area contributed by atoms with Crippen LogP contribution in [0.1, 0.15) is 119 Å². The summed E-state index contributed by atoms with van der Waals surface area (Å²) < 4.78 is 16.5. The number of fused-ring (bicyclic) bond motifs is 21. The highest BCUT2D eigenvalue weighted by Crippen LogP contribution is 2.52. The summed E-state index contributed by atoms with van der Waals surface area (Å²) in [7, 11) is 0. The standard InChI is InChI=1S/C120H108N6/c1-7-13-34-79(10-4)76-121-112-73-94(124-106-61-49-88(82-37-22-16-23-38-82)67-100(106)101-68-89(50-62-107(101)124)83-39-24-17-25-40-83)55-58-97(112)115-118(121)116-98-59-56-95(125-108-63-51-90(84-41-26-18-27-42-84)69-102(108)103-70-91(52-64-109(103)125)85-43-28-19-29-44-85)74-113(98)122(77-80(11-5)35-14-8-2)120(116)117-99-60-57-96(75-114(99)123(119(115)117)78-81(12-6)36-15-9-3)126-110-65-53-92(86-45-30-20-31-46-86)71-104(110)105-72-93(54-66-111(105)126)87-47-32-21-33-48-87/h16-33,37-75,79-81H,7-15,34-36,76-78H2,1-6H3. The smallest absolute Gasteiger partial charge is 0.0614 e. The van der Waals surface area contributed by atoms with E-state index in [1.165, 1.54) is 234 Å². The van der Waals surface area contributed by atoms with Gasteiger partial charge < -0.3 is 27.4 Å². The van der Waals surface area contributed by atoms with Crippen LogP contribution in [0.25, 0.3) is 215 Å². The zero-order chi connectivity index (χ0) is 84.6. The van der Waals surface area contributed by atoms with Gasteiger partial charge in [0.25, 0.3) is 0 Å². The molecule has 22 aromatic rings. The molecule has 0 spiro atoms. The van der Waals surface area contributed by atoms with Crippen LogP contribution >= 0.6 is 0 Å². The van der Waals surface area contributed by atoms with E-state index in [9.17, 15) is 0 Å². The van der Waals surface area contributed by atoms with Gasteiger partial charge in [0.1, 0.15) is 0 Å². The summed E-state index contributed by atoms with van der Waals surface area (Å²) in [5.74, 6) is 1.26. The summed E-state index contributed by atoms with van der Waals surface area (Å²) >= 11 is 0. The maximum Gasteiger partial charge on any atom is 0.0614 e. The molecule has 0 radical (unpaired) electrons. The maximum atomic E-state index is 2.91. The van der Waals surface area contributed by atoms with E-state index in [2.05, 4.69) is 415 Å². The fourth-order valence-electron chi connectivity index (χ4n) is 21.8. The topological polar surface area (TPSA) is 29.6 Å². The van der Waals surface area contributed by atoms with Crippen LogP contribution in [-0.2, 0) is 19.6 Å². The molecule has 3 atom stereocenters. The van der Waals surface area contributed by atoms with E-state index in [4.69, 9.17) is 0 Å². The number of aromatic nitrogens is 6. The molecule has 618 valence electrons. The van der Waals surface area contributed by atoms with Crippen LogP contribution in [0.4, 0.5) is 0 Å². The predicted molar refractivity (Wildman–Crippen MR) is 541 cm³/mol. The van der Waals surface area contributed by atoms with Crippen molar-refractivity contribution in [3.8, 4) is 83.8 Å². The van der Waals surface area contributed by atoms with E-state index in [0.29, 0.717) is 17.8 Å². The van der Waals surface area contributed by atoms with Crippen molar-refractivity contribution in [1.82, 2.24) is 27.4 Å². The molecular formula is C120H108N6. The van der Waals surface area contributed by atoms with Crippen molar-refractivity contribution >= 4 is 131 Å². The Bertz CT molecular complexity index is 6810. The summed E-state index contributed by atoms with van der Waals surface area (Å²) in [6, 6.07) is 132. The molecule has 3 unspecified atom stereocenters. The highest BCUT2D eigenvalue weighted by molar-refractivity contribution is 6.40. The van der Waals surface area contributed by atoms with Gasteiger partial charge in [-0.05, 0) is 213 Å². The third-order valence-corrected chi connectivity index (χ3v) is 28.5. The Hall–Kier alpha value is -13.7. The summed E-state index contributed by atoms with van der Waals surface area (Å²) in [4.78, 5) is 0. The van der Waals surface area contributed by atoms with Crippen LogP contribution in [0.5, 0.6) is 0 Å². The molecule has 0 amide bonds. The second-order valence-corrected chi connectivity index (χ2v) is 36.0. The van der Waals surface area contributed by atoms with Crippen LogP contribution in [0, 0.1) is 17.8 Å². The van der Waals surface area contributed by atoms with Gasteiger partial charge in [0, 0.05) is 101 Å². The molecule has 0 saturated carbocycles. The second-order valence-electron chi connectivity index (χ2n) is 36.0. The third-order valence-electron chi connectivity index (χ3n) is 28.5. The van der Waals surface area contributed by atoms with Crippen LogP contribution in [-0.4, -0.2) is 27.4 Å². The van der Waals surface area contributed by atoms with E-state index in [-0.39, 0.29) is 0 Å². The molecule has 6 nitrogen and oxygen atoms in total. The van der Waals surface area contributed by atoms with Gasteiger partial charge in [0.2, 0.25) is 0 Å². The Kier molecular flexibility index (Phi) is 20.6. The lowest BCUT2D eigenvalue weighted by molar-refractivity contribution is 0.400. The van der Waals surface area contributed by atoms with Crippen molar-refractivity contribution in [2.45, 2.75) is 138 Å². The van der Waals surface area contributed by atoms with Crippen molar-refractivity contribution in [2.24, 2.45) is 17.8 Å². The molecule has 0 bridgehead atoms. The average Bonchev–Trinajstić information content (AvgIpc) is 1.50. The van der Waals surface area contributed by atoms with Crippen LogP contribution in [0.15, 0.2) is 346 Å².